The van der Waals surface area contributed by atoms with Crippen molar-refractivity contribution in [1.82, 2.24) is 4.90 Å². The number of fused-ring (bicyclic) bond motifs is 1. The Bertz CT molecular complexity index is 193. The first kappa shape index (κ1) is 9.54. The van der Waals surface area contributed by atoms with Crippen molar-refractivity contribution < 1.29 is 0 Å². The van der Waals surface area contributed by atoms with E-state index in [0.717, 1.165) is 24.3 Å². The minimum Gasteiger partial charge on any atom is -0.300 e. The highest BCUT2D eigenvalue weighted by atomic mass is 35.5. The Morgan fingerprint density at radius 2 is 2.38 bits per heavy atom. The van der Waals surface area contributed by atoms with Gasteiger partial charge in [0.25, 0.3) is 0 Å². The summed E-state index contributed by atoms with van der Waals surface area (Å²) >= 11 is 5.99. The maximum atomic E-state index is 5.99. The molecular formula is C11H18ClN. The van der Waals surface area contributed by atoms with E-state index in [1.54, 1.807) is 0 Å². The molecule has 0 N–H and O–H groups in total. The Hall–Kier alpha value is -0.0100. The van der Waals surface area contributed by atoms with Crippen molar-refractivity contribution in [1.29, 1.82) is 0 Å². The van der Waals surface area contributed by atoms with Crippen LogP contribution in [-0.2, 0) is 0 Å². The molecule has 2 heterocycles. The molecule has 2 saturated heterocycles. The zero-order chi connectivity index (χ0) is 9.26. The quantitative estimate of drug-likeness (QED) is 0.499. The molecule has 13 heavy (non-hydrogen) atoms. The third kappa shape index (κ3) is 1.64. The number of rotatable bonds is 3. The average Bonchev–Trinajstić information content (AvgIpc) is 2.67. The zero-order valence-corrected chi connectivity index (χ0v) is 8.84. The molecular weight excluding hydrogens is 182 g/mol. The van der Waals surface area contributed by atoms with Crippen LogP contribution in [0.2, 0.25) is 0 Å². The van der Waals surface area contributed by atoms with Gasteiger partial charge in [0.2, 0.25) is 0 Å². The summed E-state index contributed by atoms with van der Waals surface area (Å²) in [7, 11) is 0. The minimum absolute atomic E-state index is 0.713. The first-order chi connectivity index (χ1) is 6.36. The molecule has 0 saturated carbocycles. The van der Waals surface area contributed by atoms with E-state index in [2.05, 4.69) is 17.6 Å². The zero-order valence-electron chi connectivity index (χ0n) is 8.08. The Labute approximate surface area is 85.8 Å². The Balaban J connectivity index is 2.05. The fourth-order valence-corrected chi connectivity index (χ4v) is 3.35. The predicted octanol–water partition coefficient (Wildman–Crippen LogP) is 2.51. The van der Waals surface area contributed by atoms with Crippen LogP contribution in [0.25, 0.3) is 0 Å². The summed E-state index contributed by atoms with van der Waals surface area (Å²) in [5.41, 5.74) is 0. The first-order valence-electron chi connectivity index (χ1n) is 5.27. The van der Waals surface area contributed by atoms with Gasteiger partial charge in [-0.2, -0.15) is 0 Å². The monoisotopic (exact) mass is 199 g/mol. The second-order valence-electron chi connectivity index (χ2n) is 4.31. The van der Waals surface area contributed by atoms with Crippen LogP contribution in [0.5, 0.6) is 0 Å². The molecule has 0 aromatic rings. The largest absolute Gasteiger partial charge is 0.300 e. The van der Waals surface area contributed by atoms with Crippen LogP contribution in [0.1, 0.15) is 19.3 Å². The lowest BCUT2D eigenvalue weighted by molar-refractivity contribution is 0.290. The first-order valence-corrected chi connectivity index (χ1v) is 5.81. The van der Waals surface area contributed by atoms with E-state index in [1.165, 1.54) is 25.9 Å². The van der Waals surface area contributed by atoms with E-state index in [9.17, 15) is 0 Å². The van der Waals surface area contributed by atoms with Gasteiger partial charge in [-0.3, -0.25) is 4.90 Å². The summed E-state index contributed by atoms with van der Waals surface area (Å²) < 4.78 is 0. The van der Waals surface area contributed by atoms with Gasteiger partial charge < -0.3 is 0 Å². The Kier molecular flexibility index (Phi) is 2.95. The van der Waals surface area contributed by atoms with E-state index in [4.69, 9.17) is 11.6 Å². The molecule has 2 rings (SSSR count). The number of halogens is 1. The van der Waals surface area contributed by atoms with Crippen LogP contribution in [-0.4, -0.2) is 29.9 Å². The van der Waals surface area contributed by atoms with Crippen LogP contribution in [0.15, 0.2) is 12.7 Å². The topological polar surface area (TPSA) is 3.24 Å². The highest BCUT2D eigenvalue weighted by Crippen LogP contribution is 2.39. The van der Waals surface area contributed by atoms with Gasteiger partial charge in [0.1, 0.15) is 0 Å². The lowest BCUT2D eigenvalue weighted by atomic mass is 9.87. The number of allylic oxidation sites excluding steroid dienone is 1. The normalized spacial score (nSPS) is 39.3. The highest BCUT2D eigenvalue weighted by molar-refractivity contribution is 6.18. The number of hydrogen-bond donors (Lipinski definition) is 0. The van der Waals surface area contributed by atoms with Crippen molar-refractivity contribution in [3.05, 3.63) is 12.7 Å². The van der Waals surface area contributed by atoms with Gasteiger partial charge in [-0.05, 0) is 37.6 Å². The van der Waals surface area contributed by atoms with Gasteiger partial charge in [-0.15, -0.1) is 18.2 Å². The average molecular weight is 200 g/mol. The molecule has 0 aromatic heterocycles. The molecule has 0 aromatic carbocycles. The summed E-state index contributed by atoms with van der Waals surface area (Å²) in [5, 5.41) is 0. The molecule has 74 valence electrons. The van der Waals surface area contributed by atoms with Crippen LogP contribution in [0.3, 0.4) is 0 Å². The van der Waals surface area contributed by atoms with E-state index in [-0.39, 0.29) is 0 Å². The van der Waals surface area contributed by atoms with Crippen LogP contribution in [0, 0.1) is 11.8 Å². The van der Waals surface area contributed by atoms with Gasteiger partial charge in [0.05, 0.1) is 0 Å². The lowest BCUT2D eigenvalue weighted by Crippen LogP contribution is -2.25. The maximum Gasteiger partial charge on any atom is 0.0267 e. The minimum atomic E-state index is 0.713. The van der Waals surface area contributed by atoms with E-state index in [1.807, 2.05) is 0 Å². The molecule has 0 bridgehead atoms. The molecule has 2 aliphatic rings. The number of alkyl halides is 1. The van der Waals surface area contributed by atoms with Crippen molar-refractivity contribution in [2.75, 3.05) is 19.0 Å². The van der Waals surface area contributed by atoms with Crippen molar-refractivity contribution in [3.63, 3.8) is 0 Å². The molecule has 2 fully saturated rings. The molecule has 2 aliphatic heterocycles. The van der Waals surface area contributed by atoms with Crippen LogP contribution in [0.4, 0.5) is 0 Å². The van der Waals surface area contributed by atoms with E-state index in [0.29, 0.717) is 5.92 Å². The van der Waals surface area contributed by atoms with Crippen molar-refractivity contribution in [2.45, 2.75) is 25.3 Å². The third-order valence-electron chi connectivity index (χ3n) is 3.62. The molecule has 0 aliphatic carbocycles. The smallest absolute Gasteiger partial charge is 0.0267 e. The molecule has 2 heteroatoms. The van der Waals surface area contributed by atoms with Crippen molar-refractivity contribution >= 4 is 11.6 Å². The summed E-state index contributed by atoms with van der Waals surface area (Å²) in [4.78, 5) is 2.63. The third-order valence-corrected chi connectivity index (χ3v) is 4.02. The van der Waals surface area contributed by atoms with Gasteiger partial charge in [0.15, 0.2) is 0 Å². The van der Waals surface area contributed by atoms with Gasteiger partial charge in [-0.1, -0.05) is 6.08 Å². The van der Waals surface area contributed by atoms with E-state index >= 15 is 0 Å². The van der Waals surface area contributed by atoms with Gasteiger partial charge >= 0.3 is 0 Å². The molecule has 0 amide bonds. The summed E-state index contributed by atoms with van der Waals surface area (Å²) in [6.07, 6.45) is 5.98. The summed E-state index contributed by atoms with van der Waals surface area (Å²) in [6, 6.07) is 0.821. The lowest BCUT2D eigenvalue weighted by Gasteiger charge is -2.20. The van der Waals surface area contributed by atoms with Gasteiger partial charge in [-0.25, -0.2) is 0 Å². The predicted molar refractivity (Wildman–Crippen MR) is 57.1 cm³/mol. The Morgan fingerprint density at radius 1 is 1.54 bits per heavy atom. The van der Waals surface area contributed by atoms with Crippen LogP contribution >= 0.6 is 11.6 Å². The number of hydrogen-bond acceptors (Lipinski definition) is 1. The fourth-order valence-electron chi connectivity index (χ4n) is 3.02. The van der Waals surface area contributed by atoms with Crippen molar-refractivity contribution in [2.24, 2.45) is 11.8 Å². The molecule has 0 unspecified atom stereocenters. The molecule has 0 radical (unpaired) electrons. The second-order valence-corrected chi connectivity index (χ2v) is 4.62. The summed E-state index contributed by atoms with van der Waals surface area (Å²) in [5.74, 6) is 2.33. The standard InChI is InChI=1S/C11H18ClN/c1-2-4-10-9(7-12)8-13-6-3-5-11(10)13/h2,9-11H,1,3-8H2/t9-,10+,11-/m0/s1. The molecule has 1 nitrogen and oxygen atoms in total. The molecule has 3 atom stereocenters. The van der Waals surface area contributed by atoms with E-state index < -0.39 is 0 Å². The maximum absolute atomic E-state index is 5.99. The number of nitrogens with zero attached hydrogens (tertiary/aromatic N) is 1. The summed E-state index contributed by atoms with van der Waals surface area (Å²) in [6.45, 7) is 6.37. The SMILES string of the molecule is C=CC[C@@H]1[C@@H](CCl)CN2CCC[C@@H]12. The van der Waals surface area contributed by atoms with Crippen molar-refractivity contribution in [3.8, 4) is 0 Å². The van der Waals surface area contributed by atoms with Gasteiger partial charge in [0, 0.05) is 18.5 Å². The molecule has 0 spiro atoms. The fraction of sp³-hybridized carbons (Fsp3) is 0.818. The second kappa shape index (κ2) is 4.02. The van der Waals surface area contributed by atoms with Crippen LogP contribution < -0.4 is 0 Å². The Morgan fingerprint density at radius 3 is 3.08 bits per heavy atom. The highest BCUT2D eigenvalue weighted by Gasteiger charge is 2.42.